The zero-order chi connectivity index (χ0) is 26.4. The van der Waals surface area contributed by atoms with Crippen LogP contribution in [-0.2, 0) is 9.53 Å². The molecule has 0 aliphatic rings. The molecule has 0 aliphatic heterocycles. The first-order chi connectivity index (χ1) is 17.1. The number of non-ortho nitro benzene ring substituents is 1. The smallest absolute Gasteiger partial charge is 0.341 e. The zero-order valence-electron chi connectivity index (χ0n) is 19.9. The molecule has 0 spiro atoms. The van der Waals surface area contributed by atoms with E-state index in [1.807, 2.05) is 19.9 Å². The first kappa shape index (κ1) is 27.6. The first-order valence-electron chi connectivity index (χ1n) is 11.0. The van der Waals surface area contributed by atoms with Crippen LogP contribution in [0.25, 0.3) is 11.1 Å². The van der Waals surface area contributed by atoms with Gasteiger partial charge in [-0.25, -0.2) is 4.79 Å². The largest absolute Gasteiger partial charge is 0.492 e. The normalized spacial score (nSPS) is 10.7. The molecule has 36 heavy (non-hydrogen) atoms. The van der Waals surface area contributed by atoms with E-state index in [9.17, 15) is 19.7 Å². The van der Waals surface area contributed by atoms with Gasteiger partial charge in [0.1, 0.15) is 16.3 Å². The third kappa shape index (κ3) is 6.43. The lowest BCUT2D eigenvalue weighted by atomic mass is 10.0. The molecule has 2 aromatic carbocycles. The first-order valence-corrected chi connectivity index (χ1v) is 13.1. The summed E-state index contributed by atoms with van der Waals surface area (Å²) in [5.74, 6) is -0.254. The number of aryl methyl sites for hydroxylation is 1. The van der Waals surface area contributed by atoms with Crippen molar-refractivity contribution >= 4 is 61.4 Å². The van der Waals surface area contributed by atoms with E-state index in [-0.39, 0.29) is 30.2 Å². The molecule has 0 saturated heterocycles. The van der Waals surface area contributed by atoms with E-state index in [2.05, 4.69) is 21.2 Å². The number of anilines is 1. The maximum Gasteiger partial charge on any atom is 0.341 e. The standard InChI is InChI=1S/C25H24BrClN2O6S/c1-4-34-25(31)21-18(16-7-5-8-17(12-16)29(32)33)13-36-24(21)28-20(30)9-6-10-35-19-11-14(2)23(27)15(3)22(19)26/h5,7-8,11-13H,4,6,9-10H2,1-3H3,(H,28,30). The Morgan fingerprint density at radius 2 is 2.00 bits per heavy atom. The van der Waals surface area contributed by atoms with E-state index in [0.29, 0.717) is 39.9 Å². The van der Waals surface area contributed by atoms with Gasteiger partial charge in [-0.3, -0.25) is 14.9 Å². The van der Waals surface area contributed by atoms with Crippen LogP contribution >= 0.6 is 38.9 Å². The van der Waals surface area contributed by atoms with Crippen LogP contribution in [0.5, 0.6) is 5.75 Å². The quantitative estimate of drug-likeness (QED) is 0.114. The molecule has 0 fully saturated rings. The number of nitro groups is 1. The Hall–Kier alpha value is -2.95. The highest BCUT2D eigenvalue weighted by atomic mass is 79.9. The molecular weight excluding hydrogens is 572 g/mol. The molecule has 0 bridgehead atoms. The Kier molecular flexibility index (Phi) is 9.47. The number of esters is 1. The highest BCUT2D eigenvalue weighted by Crippen LogP contribution is 2.38. The van der Waals surface area contributed by atoms with Crippen molar-refractivity contribution < 1.29 is 24.0 Å². The number of thiophene rings is 1. The van der Waals surface area contributed by atoms with Gasteiger partial charge >= 0.3 is 5.97 Å². The van der Waals surface area contributed by atoms with Crippen LogP contribution in [0.2, 0.25) is 5.02 Å². The van der Waals surface area contributed by atoms with Gasteiger partial charge < -0.3 is 14.8 Å². The number of carbonyl (C=O) groups is 2. The fourth-order valence-corrected chi connectivity index (χ4v) is 5.13. The summed E-state index contributed by atoms with van der Waals surface area (Å²) in [5, 5.41) is 16.6. The molecule has 0 aliphatic carbocycles. The number of hydrogen-bond acceptors (Lipinski definition) is 7. The van der Waals surface area contributed by atoms with Gasteiger partial charge in [0.05, 0.1) is 22.6 Å². The molecule has 0 atom stereocenters. The van der Waals surface area contributed by atoms with Crippen molar-refractivity contribution in [2.45, 2.75) is 33.6 Å². The summed E-state index contributed by atoms with van der Waals surface area (Å²) in [6.45, 7) is 5.92. The summed E-state index contributed by atoms with van der Waals surface area (Å²) in [6.07, 6.45) is 0.603. The Balaban J connectivity index is 1.70. The second-order valence-corrected chi connectivity index (χ2v) is 9.88. The molecule has 3 aromatic rings. The minimum absolute atomic E-state index is 0.100. The van der Waals surface area contributed by atoms with E-state index < -0.39 is 10.9 Å². The monoisotopic (exact) mass is 594 g/mol. The highest BCUT2D eigenvalue weighted by molar-refractivity contribution is 9.10. The summed E-state index contributed by atoms with van der Waals surface area (Å²) in [7, 11) is 0. The van der Waals surface area contributed by atoms with Crippen molar-refractivity contribution in [2.24, 2.45) is 0 Å². The highest BCUT2D eigenvalue weighted by Gasteiger charge is 2.23. The maximum absolute atomic E-state index is 12.7. The van der Waals surface area contributed by atoms with Crippen LogP contribution < -0.4 is 10.1 Å². The van der Waals surface area contributed by atoms with Crippen molar-refractivity contribution in [2.75, 3.05) is 18.5 Å². The average Bonchev–Trinajstić information content (AvgIpc) is 3.27. The van der Waals surface area contributed by atoms with Crippen LogP contribution in [0.3, 0.4) is 0 Å². The zero-order valence-corrected chi connectivity index (χ0v) is 23.0. The molecular formula is C25H24BrClN2O6S. The van der Waals surface area contributed by atoms with Gasteiger partial charge in [-0.15, -0.1) is 11.3 Å². The molecule has 8 nitrogen and oxygen atoms in total. The summed E-state index contributed by atoms with van der Waals surface area (Å²) in [5.41, 5.74) is 2.79. The van der Waals surface area contributed by atoms with E-state index in [4.69, 9.17) is 21.1 Å². The third-order valence-electron chi connectivity index (χ3n) is 5.27. The van der Waals surface area contributed by atoms with Gasteiger partial charge in [-0.2, -0.15) is 0 Å². The SMILES string of the molecule is CCOC(=O)c1c(-c2cccc([N+](=O)[O-])c2)csc1NC(=O)CCCOc1cc(C)c(Cl)c(C)c1Br. The molecule has 0 radical (unpaired) electrons. The fourth-order valence-electron chi connectivity index (χ4n) is 3.46. The Bertz CT molecular complexity index is 1310. The maximum atomic E-state index is 12.7. The van der Waals surface area contributed by atoms with Crippen molar-refractivity contribution in [1.82, 2.24) is 0 Å². The van der Waals surface area contributed by atoms with Crippen LogP contribution in [-0.4, -0.2) is 30.0 Å². The van der Waals surface area contributed by atoms with Crippen LogP contribution in [0, 0.1) is 24.0 Å². The number of nitrogens with one attached hydrogen (secondary N) is 1. The minimum Gasteiger partial charge on any atom is -0.492 e. The molecule has 190 valence electrons. The number of rotatable bonds is 10. The minimum atomic E-state index is -0.614. The number of carbonyl (C=O) groups excluding carboxylic acids is 2. The molecule has 3 rings (SSSR count). The van der Waals surface area contributed by atoms with Gasteiger partial charge in [0.2, 0.25) is 5.91 Å². The molecule has 0 saturated carbocycles. The van der Waals surface area contributed by atoms with E-state index >= 15 is 0 Å². The molecule has 1 amide bonds. The summed E-state index contributed by atoms with van der Waals surface area (Å²) >= 11 is 10.9. The number of benzene rings is 2. The Labute approximate surface area is 225 Å². The summed E-state index contributed by atoms with van der Waals surface area (Å²) in [6, 6.07) is 7.80. The Morgan fingerprint density at radius 1 is 1.25 bits per heavy atom. The van der Waals surface area contributed by atoms with Gasteiger partial charge in [0.15, 0.2) is 0 Å². The third-order valence-corrected chi connectivity index (χ3v) is 7.73. The lowest BCUT2D eigenvalue weighted by Crippen LogP contribution is -2.15. The van der Waals surface area contributed by atoms with E-state index in [0.717, 1.165) is 26.9 Å². The predicted molar refractivity (Wildman–Crippen MR) is 144 cm³/mol. The average molecular weight is 596 g/mol. The molecule has 0 unspecified atom stereocenters. The van der Waals surface area contributed by atoms with Crippen LogP contribution in [0.4, 0.5) is 10.7 Å². The number of halogens is 2. The van der Waals surface area contributed by atoms with Crippen molar-refractivity contribution in [3.05, 3.63) is 72.0 Å². The molecule has 11 heteroatoms. The summed E-state index contributed by atoms with van der Waals surface area (Å²) < 4.78 is 11.8. The second-order valence-electron chi connectivity index (χ2n) is 7.83. The summed E-state index contributed by atoms with van der Waals surface area (Å²) in [4.78, 5) is 36.0. The second kappa shape index (κ2) is 12.3. The van der Waals surface area contributed by atoms with Gasteiger partial charge in [0.25, 0.3) is 5.69 Å². The number of hydrogen-bond donors (Lipinski definition) is 1. The Morgan fingerprint density at radius 3 is 2.69 bits per heavy atom. The number of nitrogens with zero attached hydrogens (tertiary/aromatic N) is 1. The topological polar surface area (TPSA) is 108 Å². The van der Waals surface area contributed by atoms with Gasteiger partial charge in [-0.05, 0) is 65.9 Å². The lowest BCUT2D eigenvalue weighted by molar-refractivity contribution is -0.384. The number of nitro benzene ring substituents is 1. The fraction of sp³-hybridized carbons (Fsp3) is 0.280. The van der Waals surface area contributed by atoms with E-state index in [1.165, 1.54) is 12.1 Å². The van der Waals surface area contributed by atoms with Gasteiger partial charge in [0, 0.05) is 34.5 Å². The molecule has 1 aromatic heterocycles. The predicted octanol–water partition coefficient (Wildman–Crippen LogP) is 7.33. The van der Waals surface area contributed by atoms with Crippen molar-refractivity contribution in [3.63, 3.8) is 0 Å². The van der Waals surface area contributed by atoms with Crippen molar-refractivity contribution in [1.29, 1.82) is 0 Å². The number of amides is 1. The molecule has 1 heterocycles. The van der Waals surface area contributed by atoms with Crippen LogP contribution in [0.15, 0.2) is 40.2 Å². The molecule has 1 N–H and O–H groups in total. The lowest BCUT2D eigenvalue weighted by Gasteiger charge is -2.13. The van der Waals surface area contributed by atoms with E-state index in [1.54, 1.807) is 24.4 Å². The van der Waals surface area contributed by atoms with Gasteiger partial charge in [-0.1, -0.05) is 23.7 Å². The van der Waals surface area contributed by atoms with Crippen LogP contribution in [0.1, 0.15) is 41.3 Å². The van der Waals surface area contributed by atoms with Crippen molar-refractivity contribution in [3.8, 4) is 16.9 Å². The number of ether oxygens (including phenoxy) is 2.